The first kappa shape index (κ1) is 24.1. The van der Waals surface area contributed by atoms with Crippen LogP contribution in [0.3, 0.4) is 0 Å². The highest BCUT2D eigenvalue weighted by Gasteiger charge is 2.39. The van der Waals surface area contributed by atoms with Crippen LogP contribution >= 0.6 is 23.5 Å². The van der Waals surface area contributed by atoms with Gasteiger partial charge in [-0.15, -0.1) is 23.5 Å². The molecule has 0 bridgehead atoms. The molecule has 1 fully saturated rings. The maximum Gasteiger partial charge on any atom is 0.192 e. The number of methoxy groups -OCH3 is 1. The van der Waals surface area contributed by atoms with Gasteiger partial charge in [0.1, 0.15) is 5.75 Å². The van der Waals surface area contributed by atoms with Gasteiger partial charge in [-0.2, -0.15) is 0 Å². The van der Waals surface area contributed by atoms with Crippen LogP contribution in [0.5, 0.6) is 5.75 Å². The molecule has 6 heteroatoms. The van der Waals surface area contributed by atoms with Gasteiger partial charge < -0.3 is 13.9 Å². The van der Waals surface area contributed by atoms with Crippen molar-refractivity contribution >= 4 is 31.8 Å². The third-order valence-corrected chi connectivity index (χ3v) is 13.2. The van der Waals surface area contributed by atoms with Crippen molar-refractivity contribution < 1.29 is 13.9 Å². The summed E-state index contributed by atoms with van der Waals surface area (Å²) in [5.74, 6) is 3.46. The Morgan fingerprint density at radius 1 is 1.11 bits per heavy atom. The Hall–Kier alpha value is -0.143. The van der Waals surface area contributed by atoms with Gasteiger partial charge in [-0.05, 0) is 66.6 Å². The molecular weight excluding hydrogens is 404 g/mol. The number of hydrogen-bond acceptors (Lipinski definition) is 5. The van der Waals surface area contributed by atoms with Gasteiger partial charge in [0, 0.05) is 12.7 Å². The minimum atomic E-state index is -1.78. The summed E-state index contributed by atoms with van der Waals surface area (Å²) in [5.41, 5.74) is 1.18. The predicted molar refractivity (Wildman–Crippen MR) is 127 cm³/mol. The van der Waals surface area contributed by atoms with Crippen molar-refractivity contribution in [1.82, 2.24) is 0 Å². The summed E-state index contributed by atoms with van der Waals surface area (Å²) >= 11 is 4.22. The second-order valence-corrected chi connectivity index (χ2v) is 16.6. The standard InChI is InChI=1S/C22H38O3S2Si/c1-22(2,3)28(5,6)25-20(16-21-26-14-7-15-27-21)12-13-24-17-18-8-10-19(23-4)11-9-18/h8-11,20-21H,7,12-17H2,1-6H3/t20-/m0/s1. The molecule has 0 spiro atoms. The van der Waals surface area contributed by atoms with Gasteiger partial charge in [0.05, 0.1) is 18.3 Å². The van der Waals surface area contributed by atoms with Crippen LogP contribution in [0, 0.1) is 0 Å². The average Bonchev–Trinajstić information content (AvgIpc) is 2.65. The highest BCUT2D eigenvalue weighted by atomic mass is 32.2. The summed E-state index contributed by atoms with van der Waals surface area (Å²) in [6, 6.07) is 8.11. The van der Waals surface area contributed by atoms with Crippen molar-refractivity contribution in [3.63, 3.8) is 0 Å². The molecule has 28 heavy (non-hydrogen) atoms. The molecule has 2 rings (SSSR count). The third kappa shape index (κ3) is 7.94. The van der Waals surface area contributed by atoms with Gasteiger partial charge in [-0.3, -0.25) is 0 Å². The van der Waals surface area contributed by atoms with E-state index in [0.29, 0.717) is 17.3 Å². The first-order chi connectivity index (χ1) is 13.2. The first-order valence-electron chi connectivity index (χ1n) is 10.3. The summed E-state index contributed by atoms with van der Waals surface area (Å²) in [6.07, 6.45) is 3.73. The van der Waals surface area contributed by atoms with Crippen LogP contribution in [0.4, 0.5) is 0 Å². The van der Waals surface area contributed by atoms with Gasteiger partial charge in [0.15, 0.2) is 8.32 Å². The van der Waals surface area contributed by atoms with Gasteiger partial charge in [0.25, 0.3) is 0 Å². The fourth-order valence-corrected chi connectivity index (χ4v) is 7.23. The lowest BCUT2D eigenvalue weighted by Gasteiger charge is -2.40. The van der Waals surface area contributed by atoms with E-state index in [1.54, 1.807) is 7.11 Å². The maximum atomic E-state index is 6.80. The molecule has 0 amide bonds. The van der Waals surface area contributed by atoms with Crippen LogP contribution in [0.1, 0.15) is 45.6 Å². The van der Waals surface area contributed by atoms with E-state index in [1.165, 1.54) is 23.5 Å². The summed E-state index contributed by atoms with van der Waals surface area (Å²) in [6.45, 7) is 13.1. The largest absolute Gasteiger partial charge is 0.497 e. The summed E-state index contributed by atoms with van der Waals surface area (Å²) in [7, 11) is -0.0838. The van der Waals surface area contributed by atoms with E-state index in [2.05, 4.69) is 69.5 Å². The second kappa shape index (κ2) is 11.3. The first-order valence-corrected chi connectivity index (χ1v) is 15.3. The van der Waals surface area contributed by atoms with Crippen LogP contribution in [0.15, 0.2) is 24.3 Å². The number of rotatable bonds is 10. The molecule has 0 aliphatic carbocycles. The van der Waals surface area contributed by atoms with E-state index in [-0.39, 0.29) is 5.04 Å². The average molecular weight is 443 g/mol. The zero-order valence-electron chi connectivity index (χ0n) is 18.5. The lowest BCUT2D eigenvalue weighted by atomic mass is 10.2. The second-order valence-electron chi connectivity index (χ2n) is 8.95. The minimum absolute atomic E-state index is 0.238. The lowest BCUT2D eigenvalue weighted by molar-refractivity contribution is 0.0757. The topological polar surface area (TPSA) is 27.7 Å². The molecule has 1 aliphatic heterocycles. The lowest BCUT2D eigenvalue weighted by Crippen LogP contribution is -2.44. The normalized spacial score (nSPS) is 17.5. The third-order valence-electron chi connectivity index (χ3n) is 5.63. The van der Waals surface area contributed by atoms with E-state index in [9.17, 15) is 0 Å². The molecule has 0 saturated carbocycles. The molecule has 0 aromatic heterocycles. The fourth-order valence-electron chi connectivity index (χ4n) is 2.83. The van der Waals surface area contributed by atoms with Crippen molar-refractivity contribution in [3.8, 4) is 5.75 Å². The number of thioether (sulfide) groups is 2. The Morgan fingerprint density at radius 2 is 1.75 bits per heavy atom. The van der Waals surface area contributed by atoms with E-state index >= 15 is 0 Å². The van der Waals surface area contributed by atoms with E-state index in [4.69, 9.17) is 13.9 Å². The summed E-state index contributed by atoms with van der Waals surface area (Å²) in [4.78, 5) is 0. The smallest absolute Gasteiger partial charge is 0.192 e. The Bertz CT molecular complexity index is 566. The molecule has 3 nitrogen and oxygen atoms in total. The molecule has 1 aliphatic rings. The van der Waals surface area contributed by atoms with Gasteiger partial charge in [0.2, 0.25) is 0 Å². The molecule has 1 aromatic carbocycles. The molecule has 1 saturated heterocycles. The Labute approximate surface area is 181 Å². The molecule has 0 N–H and O–H groups in total. The van der Waals surface area contributed by atoms with Crippen molar-refractivity contribution in [2.24, 2.45) is 0 Å². The molecule has 160 valence electrons. The van der Waals surface area contributed by atoms with Crippen LogP contribution in [0.25, 0.3) is 0 Å². The SMILES string of the molecule is COc1ccc(COCC[C@@H](CC2SCCCS2)O[Si](C)(C)C(C)(C)C)cc1. The number of hydrogen-bond donors (Lipinski definition) is 0. The van der Waals surface area contributed by atoms with Crippen LogP contribution in [-0.4, -0.2) is 44.2 Å². The Balaban J connectivity index is 1.86. The van der Waals surface area contributed by atoms with Crippen LogP contribution in [0.2, 0.25) is 18.1 Å². The van der Waals surface area contributed by atoms with E-state index < -0.39 is 8.32 Å². The Morgan fingerprint density at radius 3 is 2.32 bits per heavy atom. The monoisotopic (exact) mass is 442 g/mol. The number of benzene rings is 1. The highest BCUT2D eigenvalue weighted by Crippen LogP contribution is 2.40. The van der Waals surface area contributed by atoms with Crippen molar-refractivity contribution in [2.75, 3.05) is 25.2 Å². The zero-order valence-corrected chi connectivity index (χ0v) is 21.1. The van der Waals surface area contributed by atoms with Crippen LogP contribution < -0.4 is 4.74 Å². The van der Waals surface area contributed by atoms with Crippen molar-refractivity contribution in [1.29, 1.82) is 0 Å². The van der Waals surface area contributed by atoms with Crippen molar-refractivity contribution in [2.45, 2.75) is 75.5 Å². The van der Waals surface area contributed by atoms with E-state index in [1.807, 2.05) is 12.1 Å². The Kier molecular flexibility index (Phi) is 9.74. The molecule has 1 heterocycles. The van der Waals surface area contributed by atoms with E-state index in [0.717, 1.165) is 25.2 Å². The van der Waals surface area contributed by atoms with Crippen LogP contribution in [-0.2, 0) is 15.8 Å². The molecule has 1 atom stereocenters. The highest BCUT2D eigenvalue weighted by molar-refractivity contribution is 8.17. The quantitative estimate of drug-likeness (QED) is 0.301. The van der Waals surface area contributed by atoms with Crippen molar-refractivity contribution in [3.05, 3.63) is 29.8 Å². The zero-order chi connectivity index (χ0) is 20.6. The maximum absolute atomic E-state index is 6.80. The molecular formula is C22H38O3S2Si. The molecule has 0 unspecified atom stereocenters. The molecule has 0 radical (unpaired) electrons. The van der Waals surface area contributed by atoms with Gasteiger partial charge >= 0.3 is 0 Å². The van der Waals surface area contributed by atoms with Gasteiger partial charge in [-0.1, -0.05) is 32.9 Å². The minimum Gasteiger partial charge on any atom is -0.497 e. The fraction of sp³-hybridized carbons (Fsp3) is 0.727. The van der Waals surface area contributed by atoms with Gasteiger partial charge in [-0.25, -0.2) is 0 Å². The predicted octanol–water partition coefficient (Wildman–Crippen LogP) is 6.58. The summed E-state index contributed by atoms with van der Waals surface area (Å²) < 4.78 is 18.7. The summed E-state index contributed by atoms with van der Waals surface area (Å²) in [5, 5.41) is 0.238. The number of ether oxygens (including phenoxy) is 2. The molecule has 1 aromatic rings.